The van der Waals surface area contributed by atoms with Crippen molar-refractivity contribution in [3.63, 3.8) is 0 Å². The van der Waals surface area contributed by atoms with Crippen LogP contribution in [-0.2, 0) is 16.4 Å². The number of aryl methyl sites for hydroxylation is 1. The van der Waals surface area contributed by atoms with E-state index in [9.17, 15) is 17.9 Å². The molecular formula is C21H25BrFN3O4S. The smallest absolute Gasteiger partial charge is 0.238 e. The number of nitrogens with two attached hydrogens (primary N) is 1. The minimum absolute atomic E-state index is 0.0255. The highest BCUT2D eigenvalue weighted by Gasteiger charge is 2.24. The number of sulfonamides is 1. The highest BCUT2D eigenvalue weighted by Crippen LogP contribution is 2.27. The van der Waals surface area contributed by atoms with Crippen LogP contribution in [0.3, 0.4) is 0 Å². The van der Waals surface area contributed by atoms with E-state index in [1.54, 1.807) is 18.2 Å². The average Bonchev–Trinajstić information content (AvgIpc) is 2.67. The summed E-state index contributed by atoms with van der Waals surface area (Å²) >= 11 is 3.21. The number of nitrogens with zero attached hydrogens (tertiary/aromatic N) is 1. The first-order valence-corrected chi connectivity index (χ1v) is 11.7. The van der Waals surface area contributed by atoms with Gasteiger partial charge in [0.2, 0.25) is 10.0 Å². The van der Waals surface area contributed by atoms with Crippen molar-refractivity contribution in [2.75, 3.05) is 13.2 Å². The van der Waals surface area contributed by atoms with Crippen LogP contribution in [0, 0.1) is 24.1 Å². The average molecular weight is 514 g/mol. The van der Waals surface area contributed by atoms with Crippen molar-refractivity contribution in [3.8, 4) is 11.8 Å². The van der Waals surface area contributed by atoms with Gasteiger partial charge >= 0.3 is 0 Å². The van der Waals surface area contributed by atoms with E-state index in [-0.39, 0.29) is 30.0 Å². The fraction of sp³-hybridized carbons (Fsp3) is 0.381. The molecule has 0 radical (unpaired) electrons. The normalized spacial score (nSPS) is 13.0. The lowest BCUT2D eigenvalue weighted by molar-refractivity contribution is 0.0986. The SMILES string of the molecule is Cc1ccc(C#N)c(OC[C@@H](O)CNC(C)(C)Cc2c(F)cc(S(N)(=O)=O)cc2Br)c1. The van der Waals surface area contributed by atoms with Gasteiger partial charge in [-0.2, -0.15) is 5.26 Å². The molecule has 0 fully saturated rings. The van der Waals surface area contributed by atoms with E-state index in [2.05, 4.69) is 21.2 Å². The van der Waals surface area contributed by atoms with Crippen LogP contribution < -0.4 is 15.2 Å². The Morgan fingerprint density at radius 1 is 1.35 bits per heavy atom. The molecule has 0 aliphatic rings. The van der Waals surface area contributed by atoms with E-state index in [0.29, 0.717) is 15.8 Å². The Bertz CT molecular complexity index is 1080. The van der Waals surface area contributed by atoms with Crippen LogP contribution in [-0.4, -0.2) is 38.3 Å². The molecular weight excluding hydrogens is 489 g/mol. The third-order valence-electron chi connectivity index (χ3n) is 4.57. The monoisotopic (exact) mass is 513 g/mol. The van der Waals surface area contributed by atoms with E-state index in [0.717, 1.165) is 11.6 Å². The molecule has 0 unspecified atom stereocenters. The molecule has 2 aromatic rings. The van der Waals surface area contributed by atoms with Crippen molar-refractivity contribution < 1.29 is 22.7 Å². The summed E-state index contributed by atoms with van der Waals surface area (Å²) in [7, 11) is -4.02. The number of nitriles is 1. The lowest BCUT2D eigenvalue weighted by Crippen LogP contribution is -2.46. The first kappa shape index (κ1) is 25.2. The van der Waals surface area contributed by atoms with Gasteiger partial charge in [0.1, 0.15) is 30.3 Å². The van der Waals surface area contributed by atoms with Crippen molar-refractivity contribution in [1.82, 2.24) is 5.32 Å². The number of aliphatic hydroxyl groups is 1. The molecule has 1 atom stereocenters. The third-order valence-corrected chi connectivity index (χ3v) is 6.17. The molecule has 0 saturated heterocycles. The molecule has 0 bridgehead atoms. The van der Waals surface area contributed by atoms with E-state index in [1.807, 2.05) is 26.8 Å². The third kappa shape index (κ3) is 7.26. The fourth-order valence-corrected chi connectivity index (χ4v) is 4.18. The van der Waals surface area contributed by atoms with Crippen LogP contribution in [0.2, 0.25) is 0 Å². The van der Waals surface area contributed by atoms with Crippen molar-refractivity contribution in [2.45, 2.75) is 43.7 Å². The summed E-state index contributed by atoms with van der Waals surface area (Å²) in [6, 6.07) is 9.40. The predicted molar refractivity (Wildman–Crippen MR) is 119 cm³/mol. The van der Waals surface area contributed by atoms with Crippen LogP contribution >= 0.6 is 15.9 Å². The van der Waals surface area contributed by atoms with Crippen molar-refractivity contribution in [3.05, 3.63) is 57.3 Å². The van der Waals surface area contributed by atoms with Crippen LogP contribution in [0.1, 0.15) is 30.5 Å². The number of halogens is 2. The zero-order valence-electron chi connectivity index (χ0n) is 17.4. The van der Waals surface area contributed by atoms with Gasteiger partial charge in [-0.3, -0.25) is 0 Å². The second kappa shape index (κ2) is 10.1. The number of nitrogens with one attached hydrogen (secondary N) is 1. The topological polar surface area (TPSA) is 125 Å². The van der Waals surface area contributed by atoms with Gasteiger partial charge in [0, 0.05) is 22.1 Å². The van der Waals surface area contributed by atoms with Gasteiger partial charge in [0.05, 0.1) is 10.5 Å². The molecule has 2 aromatic carbocycles. The van der Waals surface area contributed by atoms with Crippen LogP contribution in [0.15, 0.2) is 39.7 Å². The summed E-state index contributed by atoms with van der Waals surface area (Å²) in [5.41, 5.74) is 0.974. The zero-order valence-corrected chi connectivity index (χ0v) is 19.8. The minimum atomic E-state index is -4.02. The van der Waals surface area contributed by atoms with Gasteiger partial charge in [0.15, 0.2) is 0 Å². The number of benzene rings is 2. The summed E-state index contributed by atoms with van der Waals surface area (Å²) in [5, 5.41) is 27.6. The van der Waals surface area contributed by atoms with E-state index in [1.165, 1.54) is 6.07 Å². The van der Waals surface area contributed by atoms with Gasteiger partial charge in [-0.25, -0.2) is 17.9 Å². The second-order valence-electron chi connectivity index (χ2n) is 7.93. The molecule has 0 aromatic heterocycles. The molecule has 0 aliphatic carbocycles. The Morgan fingerprint density at radius 3 is 2.61 bits per heavy atom. The van der Waals surface area contributed by atoms with Gasteiger partial charge < -0.3 is 15.2 Å². The molecule has 0 saturated carbocycles. The largest absolute Gasteiger partial charge is 0.489 e. The highest BCUT2D eigenvalue weighted by atomic mass is 79.9. The Balaban J connectivity index is 1.99. The minimum Gasteiger partial charge on any atom is -0.489 e. The number of aliphatic hydroxyl groups excluding tert-OH is 1. The molecule has 0 amide bonds. The maximum absolute atomic E-state index is 14.5. The molecule has 2 rings (SSSR count). The second-order valence-corrected chi connectivity index (χ2v) is 10.3. The lowest BCUT2D eigenvalue weighted by Gasteiger charge is -2.29. The fourth-order valence-electron chi connectivity index (χ4n) is 2.90. The number of primary sulfonamides is 1. The molecule has 0 heterocycles. The van der Waals surface area contributed by atoms with Crippen molar-refractivity contribution in [2.24, 2.45) is 5.14 Å². The number of hydrogen-bond donors (Lipinski definition) is 3. The van der Waals surface area contributed by atoms with E-state index in [4.69, 9.17) is 15.1 Å². The van der Waals surface area contributed by atoms with Crippen molar-refractivity contribution >= 4 is 26.0 Å². The van der Waals surface area contributed by atoms with Crippen LogP contribution in [0.5, 0.6) is 5.75 Å². The van der Waals surface area contributed by atoms with E-state index >= 15 is 0 Å². The van der Waals surface area contributed by atoms with Crippen molar-refractivity contribution in [1.29, 1.82) is 5.26 Å². The molecule has 168 valence electrons. The summed E-state index contributed by atoms with van der Waals surface area (Å²) in [5.74, 6) is -0.289. The van der Waals surface area contributed by atoms with Gasteiger partial charge in [-0.05, 0) is 57.0 Å². The van der Waals surface area contributed by atoms with Gasteiger partial charge in [0.25, 0.3) is 0 Å². The Labute approximate surface area is 190 Å². The summed E-state index contributed by atoms with van der Waals surface area (Å²) in [6.45, 7) is 5.67. The van der Waals surface area contributed by atoms with Crippen LogP contribution in [0.4, 0.5) is 4.39 Å². The number of ether oxygens (including phenoxy) is 1. The molecule has 0 spiro atoms. The number of rotatable bonds is 9. The van der Waals surface area contributed by atoms with E-state index < -0.39 is 27.5 Å². The quantitative estimate of drug-likeness (QED) is 0.473. The van der Waals surface area contributed by atoms with Gasteiger partial charge in [-0.1, -0.05) is 22.0 Å². The molecule has 4 N–H and O–H groups in total. The number of β-amino-alcohol motifs (C(OH)–C–C–N with tert-alkyl or cyclic N) is 1. The molecule has 7 nitrogen and oxygen atoms in total. The Kier molecular flexibility index (Phi) is 8.19. The predicted octanol–water partition coefficient (Wildman–Crippen LogP) is 2.77. The van der Waals surface area contributed by atoms with Crippen LogP contribution in [0.25, 0.3) is 0 Å². The first-order chi connectivity index (χ1) is 14.3. The number of hydrogen-bond acceptors (Lipinski definition) is 6. The first-order valence-electron chi connectivity index (χ1n) is 9.40. The summed E-state index contributed by atoms with van der Waals surface area (Å²) < 4.78 is 43.3. The summed E-state index contributed by atoms with van der Waals surface area (Å²) in [4.78, 5) is -0.313. The molecule has 0 aliphatic heterocycles. The lowest BCUT2D eigenvalue weighted by atomic mass is 9.94. The Hall–Kier alpha value is -2.03. The summed E-state index contributed by atoms with van der Waals surface area (Å²) in [6.07, 6.45) is -0.654. The zero-order chi connectivity index (χ0) is 23.4. The van der Waals surface area contributed by atoms with Gasteiger partial charge in [-0.15, -0.1) is 0 Å². The molecule has 10 heteroatoms. The highest BCUT2D eigenvalue weighted by molar-refractivity contribution is 9.10. The molecule has 31 heavy (non-hydrogen) atoms. The maximum Gasteiger partial charge on any atom is 0.238 e. The maximum atomic E-state index is 14.5. The Morgan fingerprint density at radius 2 is 2.03 bits per heavy atom. The standard InChI is InChI=1S/C21H25BrFN3O4S/c1-13-4-5-14(10-24)20(6-13)30-12-15(27)11-26-21(2,3)9-17-18(22)7-16(8-19(17)23)31(25,28)29/h4-8,15,26-27H,9,11-12H2,1-3H3,(H2,25,28,29)/t15-/m0/s1.